The maximum absolute atomic E-state index is 12.1. The largest absolute Gasteiger partial charge is 0.472 e. The lowest BCUT2D eigenvalue weighted by Crippen LogP contribution is -2.44. The fourth-order valence-corrected chi connectivity index (χ4v) is 4.18. The van der Waals surface area contributed by atoms with Crippen LogP contribution in [0, 0.1) is 0 Å². The van der Waals surface area contributed by atoms with E-state index in [0.29, 0.717) is 24.0 Å². The van der Waals surface area contributed by atoms with Crippen molar-refractivity contribution in [1.82, 2.24) is 19.5 Å². The minimum Gasteiger partial charge on any atom is -0.382 e. The molecule has 2 aromatic heterocycles. The Bertz CT molecular complexity index is 856. The van der Waals surface area contributed by atoms with Gasteiger partial charge in [0.25, 0.3) is 0 Å². The van der Waals surface area contributed by atoms with E-state index in [9.17, 15) is 9.46 Å². The van der Waals surface area contributed by atoms with Gasteiger partial charge in [-0.05, 0) is 12.8 Å². The Labute approximate surface area is 156 Å². The van der Waals surface area contributed by atoms with Gasteiger partial charge in [-0.2, -0.15) is 0 Å². The van der Waals surface area contributed by atoms with Crippen molar-refractivity contribution >= 4 is 24.8 Å². The average molecular weight is 401 g/mol. The van der Waals surface area contributed by atoms with Crippen molar-refractivity contribution in [2.75, 3.05) is 20.0 Å². The van der Waals surface area contributed by atoms with E-state index < -0.39 is 31.9 Å². The zero-order valence-corrected chi connectivity index (χ0v) is 16.5. The molecule has 0 amide bonds. The maximum Gasteiger partial charge on any atom is 0.472 e. The van der Waals surface area contributed by atoms with E-state index in [4.69, 9.17) is 19.7 Å². The number of hydrogen-bond donors (Lipinski definition) is 2. The Morgan fingerprint density at radius 3 is 2.63 bits per heavy atom. The molecule has 0 aromatic carbocycles. The monoisotopic (exact) mass is 401 g/mol. The summed E-state index contributed by atoms with van der Waals surface area (Å²) in [6, 6.07) is 0. The zero-order chi connectivity index (χ0) is 19.8. The van der Waals surface area contributed by atoms with Crippen molar-refractivity contribution in [2.45, 2.75) is 50.7 Å². The highest BCUT2D eigenvalue weighted by molar-refractivity contribution is 7.47. The van der Waals surface area contributed by atoms with Gasteiger partial charge in [-0.1, -0.05) is 13.8 Å². The Hall–Kier alpha value is -1.62. The van der Waals surface area contributed by atoms with Crippen LogP contribution in [0.2, 0.25) is 0 Å². The quantitative estimate of drug-likeness (QED) is 0.657. The van der Waals surface area contributed by atoms with Crippen molar-refractivity contribution in [2.24, 2.45) is 0 Å². The van der Waals surface area contributed by atoms with E-state index in [1.54, 1.807) is 4.57 Å². The number of methoxy groups -OCH3 is 1. The van der Waals surface area contributed by atoms with Crippen molar-refractivity contribution < 1.29 is 28.0 Å². The molecular weight excluding hydrogens is 377 g/mol. The molecule has 3 unspecified atom stereocenters. The summed E-state index contributed by atoms with van der Waals surface area (Å²) in [6.45, 7) is 3.83. The van der Waals surface area contributed by atoms with Gasteiger partial charge in [0.15, 0.2) is 17.7 Å². The summed E-state index contributed by atoms with van der Waals surface area (Å²) in [5.74, 6) is 0.245. The molecule has 12 heteroatoms. The minimum absolute atomic E-state index is 0.245. The lowest BCUT2D eigenvalue weighted by molar-refractivity contribution is -0.106. The Kier molecular flexibility index (Phi) is 5.53. The first-order valence-electron chi connectivity index (χ1n) is 8.53. The smallest absolute Gasteiger partial charge is 0.382 e. The number of aromatic nitrogens is 4. The number of nitrogens with zero attached hydrogens (tertiary/aromatic N) is 4. The second-order valence-corrected chi connectivity index (χ2v) is 7.75. The molecule has 3 N–H and O–H groups in total. The van der Waals surface area contributed by atoms with Crippen LogP contribution in [0.15, 0.2) is 12.7 Å². The van der Waals surface area contributed by atoms with Crippen LogP contribution in [0.1, 0.15) is 32.9 Å². The number of hydrogen-bond acceptors (Lipinski definition) is 9. The summed E-state index contributed by atoms with van der Waals surface area (Å²) in [7, 11) is -1.68. The maximum atomic E-state index is 12.1. The number of ether oxygens (including phenoxy) is 2. The lowest BCUT2D eigenvalue weighted by Gasteiger charge is -2.33. The predicted molar refractivity (Wildman–Crippen MR) is 95.7 cm³/mol. The van der Waals surface area contributed by atoms with Crippen molar-refractivity contribution in [3.05, 3.63) is 12.7 Å². The third-order valence-electron chi connectivity index (χ3n) is 5.06. The summed E-state index contributed by atoms with van der Waals surface area (Å²) < 4.78 is 35.8. The van der Waals surface area contributed by atoms with Gasteiger partial charge in [0, 0.05) is 14.2 Å². The molecule has 11 nitrogen and oxygen atoms in total. The van der Waals surface area contributed by atoms with Gasteiger partial charge in [-0.3, -0.25) is 13.6 Å². The topological polar surface area (TPSA) is 144 Å². The lowest BCUT2D eigenvalue weighted by atomic mass is 9.90. The van der Waals surface area contributed by atoms with Gasteiger partial charge >= 0.3 is 7.82 Å². The van der Waals surface area contributed by atoms with Crippen LogP contribution >= 0.6 is 7.82 Å². The van der Waals surface area contributed by atoms with Crippen molar-refractivity contribution in [3.8, 4) is 0 Å². The number of phosphoric acid groups is 1. The first-order chi connectivity index (χ1) is 12.8. The highest BCUT2D eigenvalue weighted by Gasteiger charge is 2.57. The van der Waals surface area contributed by atoms with Crippen LogP contribution in [-0.4, -0.2) is 56.4 Å². The van der Waals surface area contributed by atoms with E-state index in [1.807, 2.05) is 13.8 Å². The van der Waals surface area contributed by atoms with E-state index in [2.05, 4.69) is 19.5 Å². The van der Waals surface area contributed by atoms with Gasteiger partial charge in [-0.25, -0.2) is 19.5 Å². The summed E-state index contributed by atoms with van der Waals surface area (Å²) in [6.07, 6.45) is 1.65. The van der Waals surface area contributed by atoms with E-state index in [0.717, 1.165) is 7.11 Å². The summed E-state index contributed by atoms with van der Waals surface area (Å²) in [4.78, 5) is 22.3. The molecule has 0 saturated carbocycles. The molecule has 1 saturated heterocycles. The fourth-order valence-electron chi connectivity index (χ4n) is 3.50. The highest BCUT2D eigenvalue weighted by atomic mass is 31.2. The number of nitrogen functional groups attached to an aromatic ring is 1. The molecule has 3 rings (SSSR count). The van der Waals surface area contributed by atoms with Crippen LogP contribution in [0.25, 0.3) is 11.2 Å². The molecular formula is C15H24N5O6P. The molecule has 3 heterocycles. The third kappa shape index (κ3) is 3.35. The molecule has 0 bridgehead atoms. The number of imidazole rings is 1. The SMILES string of the molecule is CCC1(CC)O[C@@H](n2cnc3c(N)ncnc32)C(OC)C1OP(=O)(O)OC. The van der Waals surface area contributed by atoms with Gasteiger partial charge in [0.05, 0.1) is 11.9 Å². The minimum atomic E-state index is -4.27. The number of rotatable bonds is 7. The molecule has 0 aliphatic carbocycles. The normalized spacial score (nSPS) is 27.1. The third-order valence-corrected chi connectivity index (χ3v) is 6.02. The zero-order valence-electron chi connectivity index (χ0n) is 15.6. The molecule has 1 fully saturated rings. The second-order valence-electron chi connectivity index (χ2n) is 6.24. The first-order valence-corrected chi connectivity index (χ1v) is 10.0. The Balaban J connectivity index is 2.08. The summed E-state index contributed by atoms with van der Waals surface area (Å²) in [5, 5.41) is 0. The van der Waals surface area contributed by atoms with E-state index in [1.165, 1.54) is 19.8 Å². The molecule has 150 valence electrons. The summed E-state index contributed by atoms with van der Waals surface area (Å²) in [5.41, 5.74) is 5.90. The molecule has 2 aromatic rings. The number of nitrogens with two attached hydrogens (primary N) is 1. The van der Waals surface area contributed by atoms with Crippen LogP contribution in [-0.2, 0) is 23.1 Å². The molecule has 0 spiro atoms. The van der Waals surface area contributed by atoms with Gasteiger partial charge in [0.1, 0.15) is 24.1 Å². The van der Waals surface area contributed by atoms with Gasteiger partial charge < -0.3 is 20.1 Å². The number of fused-ring (bicyclic) bond motifs is 1. The molecule has 4 atom stereocenters. The number of phosphoric ester groups is 1. The standard InChI is InChI=1S/C15H24N5O6P/c1-5-15(6-2)11(26-27(21,22)24-4)10(23-3)14(25-15)20-8-19-9-12(16)17-7-18-13(9)20/h7-8,10-11,14H,5-6H2,1-4H3,(H,21,22)(H2,16,17,18)/t10?,11?,14-/m1/s1. The van der Waals surface area contributed by atoms with Crippen LogP contribution in [0.3, 0.4) is 0 Å². The van der Waals surface area contributed by atoms with Crippen LogP contribution in [0.5, 0.6) is 0 Å². The average Bonchev–Trinajstić information content (AvgIpc) is 3.21. The molecule has 27 heavy (non-hydrogen) atoms. The fraction of sp³-hybridized carbons (Fsp3) is 0.667. The van der Waals surface area contributed by atoms with E-state index in [-0.39, 0.29) is 5.82 Å². The van der Waals surface area contributed by atoms with Crippen LogP contribution in [0.4, 0.5) is 5.82 Å². The highest BCUT2D eigenvalue weighted by Crippen LogP contribution is 2.53. The predicted octanol–water partition coefficient (Wildman–Crippen LogP) is 1.64. The van der Waals surface area contributed by atoms with Crippen molar-refractivity contribution in [3.63, 3.8) is 0 Å². The molecule has 1 aliphatic rings. The Morgan fingerprint density at radius 2 is 2.04 bits per heavy atom. The second kappa shape index (κ2) is 7.42. The van der Waals surface area contributed by atoms with E-state index >= 15 is 0 Å². The van der Waals surface area contributed by atoms with Gasteiger partial charge in [-0.15, -0.1) is 0 Å². The van der Waals surface area contributed by atoms with Crippen molar-refractivity contribution in [1.29, 1.82) is 0 Å². The number of anilines is 1. The van der Waals surface area contributed by atoms with Gasteiger partial charge in [0.2, 0.25) is 0 Å². The molecule has 0 radical (unpaired) electrons. The van der Waals surface area contributed by atoms with Crippen LogP contribution < -0.4 is 5.73 Å². The molecule has 1 aliphatic heterocycles. The summed E-state index contributed by atoms with van der Waals surface area (Å²) >= 11 is 0. The first kappa shape index (κ1) is 20.1. The Morgan fingerprint density at radius 1 is 1.33 bits per heavy atom.